The summed E-state index contributed by atoms with van der Waals surface area (Å²) in [7, 11) is -0.648. The van der Waals surface area contributed by atoms with E-state index in [1.165, 1.54) is 5.69 Å². The fourth-order valence-corrected chi connectivity index (χ4v) is 6.67. The molecular formula is C18H33NOP2. The van der Waals surface area contributed by atoms with Gasteiger partial charge in [-0.3, -0.25) is 0 Å². The molecule has 0 spiro atoms. The molecule has 0 aliphatic heterocycles. The van der Waals surface area contributed by atoms with Gasteiger partial charge in [-0.15, -0.1) is 0 Å². The fraction of sp³-hybridized carbons (Fsp3) is 0.667. The van der Waals surface area contributed by atoms with Crippen molar-refractivity contribution in [1.82, 2.24) is 0 Å². The minimum Gasteiger partial charge on any atom is -0.473 e. The second-order valence-electron chi connectivity index (χ2n) is 6.87. The summed E-state index contributed by atoms with van der Waals surface area (Å²) in [6, 6.07) is 8.50. The Morgan fingerprint density at radius 1 is 0.818 bits per heavy atom. The normalized spacial score (nSPS) is 12.3. The van der Waals surface area contributed by atoms with Crippen molar-refractivity contribution in [2.24, 2.45) is 0 Å². The predicted octanol–water partition coefficient (Wildman–Crippen LogP) is 6.90. The van der Waals surface area contributed by atoms with Crippen LogP contribution in [0.25, 0.3) is 0 Å². The van der Waals surface area contributed by atoms with E-state index < -0.39 is 8.15 Å². The average molecular weight is 341 g/mol. The molecule has 0 aromatic heterocycles. The highest BCUT2D eigenvalue weighted by atomic mass is 31.1. The Bertz CT molecular complexity index is 393. The molecule has 1 aromatic carbocycles. The Balaban J connectivity index is 2.85. The van der Waals surface area contributed by atoms with Crippen molar-refractivity contribution < 1.29 is 4.52 Å². The molecule has 0 saturated heterocycles. The summed E-state index contributed by atoms with van der Waals surface area (Å²) in [6.45, 7) is 18.2. The molecule has 2 nitrogen and oxygen atoms in total. The third-order valence-corrected chi connectivity index (χ3v) is 8.63. The third kappa shape index (κ3) is 6.05. The van der Waals surface area contributed by atoms with E-state index in [4.69, 9.17) is 4.52 Å². The van der Waals surface area contributed by atoms with Gasteiger partial charge >= 0.3 is 0 Å². The molecule has 0 radical (unpaired) electrons. The van der Waals surface area contributed by atoms with E-state index in [2.05, 4.69) is 84.7 Å². The molecule has 1 rings (SSSR count). The van der Waals surface area contributed by atoms with Gasteiger partial charge < -0.3 is 9.61 Å². The van der Waals surface area contributed by atoms with E-state index in [1.54, 1.807) is 0 Å². The van der Waals surface area contributed by atoms with Crippen LogP contribution in [0.3, 0.4) is 0 Å². The summed E-state index contributed by atoms with van der Waals surface area (Å²) in [5.74, 6) is 1.00. The van der Waals surface area contributed by atoms with Gasteiger partial charge in [0.1, 0.15) is 5.75 Å². The molecule has 1 aromatic rings. The highest BCUT2D eigenvalue weighted by Gasteiger charge is 2.20. The third-order valence-electron chi connectivity index (χ3n) is 3.43. The summed E-state index contributed by atoms with van der Waals surface area (Å²) in [5.41, 5.74) is 3.68. The minimum absolute atomic E-state index is 0.213. The first-order chi connectivity index (χ1) is 10.2. The number of rotatable bonds is 8. The molecule has 1 N–H and O–H groups in total. The van der Waals surface area contributed by atoms with Crippen molar-refractivity contribution in [3.05, 3.63) is 24.3 Å². The van der Waals surface area contributed by atoms with Crippen LogP contribution in [-0.2, 0) is 0 Å². The smallest absolute Gasteiger partial charge is 0.125 e. The minimum atomic E-state index is -0.435. The number of benzene rings is 1. The Kier molecular flexibility index (Phi) is 8.15. The summed E-state index contributed by atoms with van der Waals surface area (Å²) < 4.78 is 6.31. The second kappa shape index (κ2) is 9.09. The van der Waals surface area contributed by atoms with E-state index in [-0.39, 0.29) is 8.07 Å². The molecule has 0 aliphatic carbocycles. The van der Waals surface area contributed by atoms with E-state index in [9.17, 15) is 0 Å². The van der Waals surface area contributed by atoms with Gasteiger partial charge in [0.15, 0.2) is 0 Å². The SMILES string of the molecule is CC(C)P(Nc1cccc(OP(C(C)C)C(C)C)c1)C(C)C. The van der Waals surface area contributed by atoms with Crippen LogP contribution in [0.4, 0.5) is 5.69 Å². The molecule has 22 heavy (non-hydrogen) atoms. The van der Waals surface area contributed by atoms with Gasteiger partial charge in [0.05, 0.1) is 8.15 Å². The Labute approximate surface area is 140 Å². The molecule has 0 saturated carbocycles. The largest absolute Gasteiger partial charge is 0.473 e. The van der Waals surface area contributed by atoms with Crippen molar-refractivity contribution in [2.75, 3.05) is 5.09 Å². The molecule has 0 bridgehead atoms. The van der Waals surface area contributed by atoms with E-state index in [0.717, 1.165) is 5.75 Å². The number of nitrogens with one attached hydrogen (secondary N) is 1. The Morgan fingerprint density at radius 2 is 1.36 bits per heavy atom. The van der Waals surface area contributed by atoms with Crippen molar-refractivity contribution in [2.45, 2.75) is 78.0 Å². The van der Waals surface area contributed by atoms with Crippen molar-refractivity contribution in [1.29, 1.82) is 0 Å². The summed E-state index contributed by atoms with van der Waals surface area (Å²) in [4.78, 5) is 0. The molecule has 0 atom stereocenters. The Morgan fingerprint density at radius 3 is 1.82 bits per heavy atom. The first kappa shape index (κ1) is 19.7. The standard InChI is InChI=1S/C18H33NOP2/c1-13(2)21(14(3)4)19-17-10-9-11-18(12-17)20-22(15(5)6)16(7)8/h9-16,19H,1-8H3. The monoisotopic (exact) mass is 341 g/mol. The Hall–Kier alpha value is -0.320. The molecule has 0 heterocycles. The lowest BCUT2D eigenvalue weighted by Gasteiger charge is -2.28. The maximum Gasteiger partial charge on any atom is 0.125 e. The number of anilines is 1. The molecular weight excluding hydrogens is 308 g/mol. The van der Waals surface area contributed by atoms with E-state index >= 15 is 0 Å². The summed E-state index contributed by atoms with van der Waals surface area (Å²) in [6.07, 6.45) is 0. The van der Waals surface area contributed by atoms with Crippen LogP contribution in [0.1, 0.15) is 55.4 Å². The van der Waals surface area contributed by atoms with Crippen LogP contribution < -0.4 is 9.61 Å². The summed E-state index contributed by atoms with van der Waals surface area (Å²) >= 11 is 0. The lowest BCUT2D eigenvalue weighted by atomic mass is 10.3. The van der Waals surface area contributed by atoms with Crippen LogP contribution in [0, 0.1) is 0 Å². The molecule has 0 amide bonds. The highest BCUT2D eigenvalue weighted by molar-refractivity contribution is 7.60. The topological polar surface area (TPSA) is 21.3 Å². The van der Waals surface area contributed by atoms with Crippen LogP contribution >= 0.6 is 16.2 Å². The van der Waals surface area contributed by atoms with Gasteiger partial charge in [-0.05, 0) is 31.5 Å². The van der Waals surface area contributed by atoms with Gasteiger partial charge in [0.25, 0.3) is 0 Å². The number of hydrogen-bond donors (Lipinski definition) is 1. The predicted molar refractivity (Wildman–Crippen MR) is 105 cm³/mol. The van der Waals surface area contributed by atoms with Crippen molar-refractivity contribution in [3.63, 3.8) is 0 Å². The summed E-state index contributed by atoms with van der Waals surface area (Å²) in [5, 5.41) is 3.74. The van der Waals surface area contributed by atoms with E-state index in [0.29, 0.717) is 22.6 Å². The van der Waals surface area contributed by atoms with Crippen molar-refractivity contribution >= 4 is 21.9 Å². The van der Waals surface area contributed by atoms with Crippen LogP contribution in [0.2, 0.25) is 0 Å². The van der Waals surface area contributed by atoms with Gasteiger partial charge in [0, 0.05) is 23.1 Å². The van der Waals surface area contributed by atoms with Gasteiger partial charge in [-0.1, -0.05) is 61.5 Å². The van der Waals surface area contributed by atoms with Gasteiger partial charge in [-0.2, -0.15) is 0 Å². The average Bonchev–Trinajstić information content (AvgIpc) is 2.41. The van der Waals surface area contributed by atoms with Gasteiger partial charge in [0.2, 0.25) is 0 Å². The number of hydrogen-bond acceptors (Lipinski definition) is 2. The molecule has 0 unspecified atom stereocenters. The van der Waals surface area contributed by atoms with Crippen LogP contribution in [0.15, 0.2) is 24.3 Å². The maximum atomic E-state index is 6.31. The van der Waals surface area contributed by atoms with E-state index in [1.807, 2.05) is 0 Å². The zero-order valence-corrected chi connectivity index (χ0v) is 17.2. The zero-order chi connectivity index (χ0) is 16.9. The maximum absolute atomic E-state index is 6.31. The molecule has 0 fully saturated rings. The van der Waals surface area contributed by atoms with Crippen LogP contribution in [-0.4, -0.2) is 22.6 Å². The first-order valence-corrected chi connectivity index (χ1v) is 11.2. The molecule has 0 aliphatic rings. The first-order valence-electron chi connectivity index (χ1n) is 8.33. The highest BCUT2D eigenvalue weighted by Crippen LogP contribution is 2.49. The lowest BCUT2D eigenvalue weighted by molar-refractivity contribution is 0.593. The second-order valence-corrected chi connectivity index (χ2v) is 12.9. The molecule has 126 valence electrons. The zero-order valence-electron chi connectivity index (χ0n) is 15.4. The fourth-order valence-electron chi connectivity index (χ4n) is 2.55. The van der Waals surface area contributed by atoms with Crippen LogP contribution in [0.5, 0.6) is 5.75 Å². The molecule has 4 heteroatoms. The van der Waals surface area contributed by atoms with Crippen molar-refractivity contribution in [3.8, 4) is 5.75 Å². The lowest BCUT2D eigenvalue weighted by Crippen LogP contribution is -2.11. The quantitative estimate of drug-likeness (QED) is 0.519. The van der Waals surface area contributed by atoms with Gasteiger partial charge in [-0.25, -0.2) is 0 Å².